The summed E-state index contributed by atoms with van der Waals surface area (Å²) in [5, 5.41) is 15.6. The molecule has 0 spiro atoms. The van der Waals surface area contributed by atoms with E-state index in [0.717, 1.165) is 10.8 Å². The number of rotatable bonds is 25. The minimum Gasteiger partial charge on any atom is -0.497 e. The highest BCUT2D eigenvalue weighted by Crippen LogP contribution is 2.33. The third kappa shape index (κ3) is 14.3. The number of ketones is 2. The molecule has 3 aromatic carbocycles. The lowest BCUT2D eigenvalue weighted by Gasteiger charge is -2.41. The van der Waals surface area contributed by atoms with Crippen molar-refractivity contribution >= 4 is 51.9 Å². The molecule has 0 unspecified atom stereocenters. The van der Waals surface area contributed by atoms with Gasteiger partial charge in [-0.2, -0.15) is 0 Å². The summed E-state index contributed by atoms with van der Waals surface area (Å²) in [6.07, 6.45) is -3.37. The molecule has 0 radical (unpaired) electrons. The van der Waals surface area contributed by atoms with Gasteiger partial charge in [0.25, 0.3) is 5.69 Å². The summed E-state index contributed by atoms with van der Waals surface area (Å²) in [7, 11) is 9.84. The standard InChI is InChI=1S/C52H73N5O13/c1-14-32(6)48(55(10)51(62)41(30(2)3)26-43(58)47(31(4)5)54(8)9)45(67-12)27-46(60)56-29-40(70-52(63)69-38-21-18-37(19-22-38)57(64)65)25-42(56)49(68-13)33(7)50(61)53-28-44(59)36-16-15-35-24-39(66-11)20-17-34(35)23-36/h15-24,30-33,40-42,45,47-49H,14,25-29H2,1-13H3,(H,53,61)/t32-,33+,40-,41-,42-,45+,47-,48-,49+/m0/s1. The molecule has 1 heterocycles. The van der Waals surface area contributed by atoms with Crippen molar-refractivity contribution in [2.24, 2.45) is 29.6 Å². The van der Waals surface area contributed by atoms with E-state index in [9.17, 15) is 38.9 Å². The molecule has 0 bridgehead atoms. The van der Waals surface area contributed by atoms with Crippen LogP contribution in [0.2, 0.25) is 0 Å². The largest absolute Gasteiger partial charge is 0.514 e. The molecule has 70 heavy (non-hydrogen) atoms. The molecule has 18 heteroatoms. The summed E-state index contributed by atoms with van der Waals surface area (Å²) in [6.45, 7) is 12.9. The Hall–Kier alpha value is -5.98. The topological polar surface area (TPSA) is 213 Å². The summed E-state index contributed by atoms with van der Waals surface area (Å²) in [5.74, 6) is -2.71. The van der Waals surface area contributed by atoms with Gasteiger partial charge in [-0.05, 0) is 73.0 Å². The van der Waals surface area contributed by atoms with Gasteiger partial charge in [0.05, 0.1) is 67.8 Å². The van der Waals surface area contributed by atoms with Gasteiger partial charge in [0.15, 0.2) is 11.6 Å². The molecule has 1 N–H and O–H groups in total. The zero-order valence-corrected chi connectivity index (χ0v) is 43.0. The van der Waals surface area contributed by atoms with Crippen LogP contribution >= 0.6 is 0 Å². The van der Waals surface area contributed by atoms with Crippen LogP contribution in [0.4, 0.5) is 10.5 Å². The van der Waals surface area contributed by atoms with Crippen LogP contribution in [-0.2, 0) is 33.4 Å². The van der Waals surface area contributed by atoms with Crippen LogP contribution in [0.1, 0.15) is 84.5 Å². The molecular formula is C52H73N5O13. The fourth-order valence-corrected chi connectivity index (χ4v) is 9.68. The molecule has 0 aromatic heterocycles. The number of nitrogens with one attached hydrogen (secondary N) is 1. The molecule has 1 aliphatic heterocycles. The first-order valence-corrected chi connectivity index (χ1v) is 23.9. The normalized spacial score (nSPS) is 17.9. The van der Waals surface area contributed by atoms with Crippen LogP contribution < -0.4 is 14.8 Å². The highest BCUT2D eigenvalue weighted by Gasteiger charge is 2.47. The van der Waals surface area contributed by atoms with E-state index < -0.39 is 65.1 Å². The van der Waals surface area contributed by atoms with Gasteiger partial charge < -0.3 is 38.8 Å². The maximum absolute atomic E-state index is 14.8. The molecule has 0 saturated carbocycles. The number of ether oxygens (including phenoxy) is 5. The van der Waals surface area contributed by atoms with E-state index in [1.165, 1.54) is 43.4 Å². The fraction of sp³-hybridized carbons (Fsp3) is 0.577. The molecular weight excluding hydrogens is 903 g/mol. The minimum atomic E-state index is -1.12. The molecule has 1 aliphatic rings. The van der Waals surface area contributed by atoms with Crippen molar-refractivity contribution in [2.75, 3.05) is 55.6 Å². The average Bonchev–Trinajstić information content (AvgIpc) is 3.73. The van der Waals surface area contributed by atoms with E-state index in [0.29, 0.717) is 17.7 Å². The van der Waals surface area contributed by atoms with Crippen molar-refractivity contribution in [1.29, 1.82) is 0 Å². The van der Waals surface area contributed by atoms with E-state index in [2.05, 4.69) is 5.32 Å². The van der Waals surface area contributed by atoms with Crippen LogP contribution in [-0.4, -0.2) is 147 Å². The highest BCUT2D eigenvalue weighted by atomic mass is 16.7. The number of nitro groups is 1. The average molecular weight is 976 g/mol. The van der Waals surface area contributed by atoms with Crippen LogP contribution in [0, 0.1) is 39.7 Å². The quantitative estimate of drug-likeness (QED) is 0.0298. The Kier molecular flexibility index (Phi) is 20.8. The number of likely N-dealkylation sites (N-methyl/N-ethyl adjacent to an activating group) is 2. The predicted octanol–water partition coefficient (Wildman–Crippen LogP) is 6.99. The van der Waals surface area contributed by atoms with Gasteiger partial charge in [-0.15, -0.1) is 0 Å². The number of hydrogen-bond donors (Lipinski definition) is 1. The number of Topliss-reactive ketones (excluding diaryl/α,β-unsaturated/α-hetero) is 2. The minimum absolute atomic E-state index is 0.00388. The zero-order chi connectivity index (χ0) is 52.1. The Morgan fingerprint density at radius 1 is 0.829 bits per heavy atom. The first-order chi connectivity index (χ1) is 33.1. The number of likely N-dealkylation sites (tertiary alicyclic amines) is 1. The van der Waals surface area contributed by atoms with Crippen LogP contribution in [0.3, 0.4) is 0 Å². The van der Waals surface area contributed by atoms with Gasteiger partial charge in [-0.3, -0.25) is 39.0 Å². The van der Waals surface area contributed by atoms with E-state index in [1.54, 1.807) is 50.2 Å². The van der Waals surface area contributed by atoms with Crippen molar-refractivity contribution < 1.29 is 57.4 Å². The van der Waals surface area contributed by atoms with Gasteiger partial charge in [0.1, 0.15) is 17.6 Å². The smallest absolute Gasteiger partial charge is 0.497 e. The fourth-order valence-electron chi connectivity index (χ4n) is 9.68. The molecule has 18 nitrogen and oxygen atoms in total. The molecule has 3 amide bonds. The molecule has 384 valence electrons. The maximum Gasteiger partial charge on any atom is 0.514 e. The number of nitrogens with zero attached hydrogens (tertiary/aromatic N) is 4. The van der Waals surface area contributed by atoms with Gasteiger partial charge in [-0.25, -0.2) is 4.79 Å². The molecule has 3 aromatic rings. The van der Waals surface area contributed by atoms with Gasteiger partial charge in [0, 0.05) is 57.7 Å². The van der Waals surface area contributed by atoms with Crippen LogP contribution in [0.25, 0.3) is 10.8 Å². The number of methoxy groups -OCH3 is 3. The third-order valence-corrected chi connectivity index (χ3v) is 13.6. The van der Waals surface area contributed by atoms with E-state index >= 15 is 0 Å². The third-order valence-electron chi connectivity index (χ3n) is 13.6. The Labute approximate surface area is 411 Å². The lowest BCUT2D eigenvalue weighted by Crippen LogP contribution is -2.54. The molecule has 0 aliphatic carbocycles. The second-order valence-corrected chi connectivity index (χ2v) is 19.2. The lowest BCUT2D eigenvalue weighted by atomic mass is 9.83. The van der Waals surface area contributed by atoms with Crippen molar-refractivity contribution in [3.8, 4) is 11.5 Å². The molecule has 1 fully saturated rings. The number of carbonyl (C=O) groups excluding carboxylic acids is 6. The number of carbonyl (C=O) groups is 6. The first-order valence-electron chi connectivity index (χ1n) is 23.9. The zero-order valence-electron chi connectivity index (χ0n) is 43.0. The summed E-state index contributed by atoms with van der Waals surface area (Å²) in [4.78, 5) is 99.0. The molecule has 1 saturated heterocycles. The van der Waals surface area contributed by atoms with E-state index in [4.69, 9.17) is 23.7 Å². The van der Waals surface area contributed by atoms with Crippen LogP contribution in [0.15, 0.2) is 60.7 Å². The van der Waals surface area contributed by atoms with Crippen molar-refractivity contribution in [3.63, 3.8) is 0 Å². The Balaban J connectivity index is 1.59. The number of non-ortho nitro benzene ring substituents is 1. The number of fused-ring (bicyclic) bond motifs is 1. The first kappa shape index (κ1) is 56.6. The van der Waals surface area contributed by atoms with Gasteiger partial charge >= 0.3 is 6.16 Å². The molecule has 4 rings (SSSR count). The van der Waals surface area contributed by atoms with Crippen molar-refractivity contribution in [2.45, 2.75) is 111 Å². The monoisotopic (exact) mass is 976 g/mol. The number of benzene rings is 3. The maximum atomic E-state index is 14.8. The summed E-state index contributed by atoms with van der Waals surface area (Å²) >= 11 is 0. The predicted molar refractivity (Wildman–Crippen MR) is 264 cm³/mol. The second-order valence-electron chi connectivity index (χ2n) is 19.2. The lowest BCUT2D eigenvalue weighted by molar-refractivity contribution is -0.384. The Bertz CT molecular complexity index is 2300. The van der Waals surface area contributed by atoms with Gasteiger partial charge in [0.2, 0.25) is 17.7 Å². The number of amides is 3. The Morgan fingerprint density at radius 3 is 2.01 bits per heavy atom. The van der Waals surface area contributed by atoms with E-state index in [1.807, 2.05) is 72.7 Å². The van der Waals surface area contributed by atoms with Gasteiger partial charge in [-0.1, -0.05) is 73.1 Å². The van der Waals surface area contributed by atoms with Crippen molar-refractivity contribution in [1.82, 2.24) is 20.0 Å². The summed E-state index contributed by atoms with van der Waals surface area (Å²) in [5.41, 5.74) is 0.196. The van der Waals surface area contributed by atoms with Crippen molar-refractivity contribution in [3.05, 3.63) is 76.3 Å². The molecule has 9 atom stereocenters. The number of nitro benzene ring substituents is 1. The second kappa shape index (κ2) is 25.8. The number of hydrogen-bond acceptors (Lipinski definition) is 14. The Morgan fingerprint density at radius 2 is 1.46 bits per heavy atom. The highest BCUT2D eigenvalue weighted by molar-refractivity contribution is 6.02. The summed E-state index contributed by atoms with van der Waals surface area (Å²) < 4.78 is 28.4. The van der Waals surface area contributed by atoms with E-state index in [-0.39, 0.29) is 85.1 Å². The SMILES string of the molecule is CC[C@H](C)[C@@H]([C@@H](CC(=O)N1C[C@@H](OC(=O)Oc2ccc([N+](=O)[O-])cc2)C[C@H]1[C@H](OC)[C@@H](C)C(=O)NCC(=O)c1ccc2cc(OC)ccc2c1)OC)N(C)C(=O)[C@@H](CC(=O)[C@H](C(C)C)N(C)C)C(C)C. The summed E-state index contributed by atoms with van der Waals surface area (Å²) in [6, 6.07) is 13.8. The van der Waals surface area contributed by atoms with Crippen LogP contribution in [0.5, 0.6) is 11.5 Å².